The van der Waals surface area contributed by atoms with E-state index in [4.69, 9.17) is 4.74 Å². The first-order valence-electron chi connectivity index (χ1n) is 6.75. The summed E-state index contributed by atoms with van der Waals surface area (Å²) in [6.45, 7) is 5.52. The molecule has 0 radical (unpaired) electrons. The maximum absolute atomic E-state index is 5.38. The summed E-state index contributed by atoms with van der Waals surface area (Å²) in [7, 11) is 1.95. The summed E-state index contributed by atoms with van der Waals surface area (Å²) in [5.41, 5.74) is 3.59. The molecule has 0 aliphatic carbocycles. The number of morpholine rings is 1. The third-order valence-corrected chi connectivity index (χ3v) is 3.52. The number of nitrogens with one attached hydrogen (secondary N) is 1. The number of nitrogens with zero attached hydrogens (tertiary/aromatic N) is 3. The maximum atomic E-state index is 5.38. The number of imidazole rings is 1. The fourth-order valence-corrected chi connectivity index (χ4v) is 2.51. The second-order valence-corrected chi connectivity index (χ2v) is 4.94. The lowest BCUT2D eigenvalue weighted by molar-refractivity contribution is 0.0342. The van der Waals surface area contributed by atoms with Crippen LogP contribution in [0.4, 0.5) is 0 Å². The molecule has 0 amide bonds. The highest BCUT2D eigenvalue weighted by Gasteiger charge is 2.11. The van der Waals surface area contributed by atoms with Crippen LogP contribution in [0.2, 0.25) is 0 Å². The highest BCUT2D eigenvalue weighted by atomic mass is 16.5. The molecule has 3 rings (SSSR count). The molecule has 102 valence electrons. The Bertz CT molecular complexity index is 545. The van der Waals surface area contributed by atoms with E-state index >= 15 is 0 Å². The molecule has 2 aromatic rings. The molecular formula is C14H20N4O. The number of hydrogen-bond acceptors (Lipinski definition) is 4. The number of ether oxygens (including phenoxy) is 1. The Morgan fingerprint density at radius 2 is 2.16 bits per heavy atom. The number of fused-ring (bicyclic) bond motifs is 1. The average Bonchev–Trinajstić information content (AvgIpc) is 2.83. The molecule has 0 bridgehead atoms. The van der Waals surface area contributed by atoms with Gasteiger partial charge in [0, 0.05) is 19.6 Å². The zero-order valence-electron chi connectivity index (χ0n) is 11.3. The number of hydrogen-bond donors (Lipinski definition) is 1. The van der Waals surface area contributed by atoms with Crippen LogP contribution in [-0.2, 0) is 18.0 Å². The van der Waals surface area contributed by atoms with Crippen molar-refractivity contribution < 1.29 is 4.74 Å². The van der Waals surface area contributed by atoms with Gasteiger partial charge in [0.2, 0.25) is 0 Å². The van der Waals surface area contributed by atoms with Crippen LogP contribution in [0.3, 0.4) is 0 Å². The van der Waals surface area contributed by atoms with Gasteiger partial charge in [-0.05, 0) is 24.7 Å². The third kappa shape index (κ3) is 2.78. The Morgan fingerprint density at radius 3 is 2.95 bits per heavy atom. The first kappa shape index (κ1) is 12.6. The highest BCUT2D eigenvalue weighted by Crippen LogP contribution is 2.16. The average molecular weight is 260 g/mol. The van der Waals surface area contributed by atoms with Crippen molar-refractivity contribution in [1.29, 1.82) is 0 Å². The van der Waals surface area contributed by atoms with E-state index in [1.165, 1.54) is 11.1 Å². The van der Waals surface area contributed by atoms with Crippen LogP contribution in [0.1, 0.15) is 5.56 Å². The van der Waals surface area contributed by atoms with Crippen molar-refractivity contribution >= 4 is 11.0 Å². The summed E-state index contributed by atoms with van der Waals surface area (Å²) in [4.78, 5) is 6.85. The van der Waals surface area contributed by atoms with Crippen molar-refractivity contribution in [3.05, 3.63) is 30.1 Å². The monoisotopic (exact) mass is 260 g/mol. The van der Waals surface area contributed by atoms with Gasteiger partial charge in [0.25, 0.3) is 0 Å². The van der Waals surface area contributed by atoms with E-state index in [2.05, 4.69) is 38.0 Å². The van der Waals surface area contributed by atoms with Gasteiger partial charge in [0.1, 0.15) is 0 Å². The van der Waals surface area contributed by atoms with Gasteiger partial charge < -0.3 is 14.6 Å². The van der Waals surface area contributed by atoms with Crippen LogP contribution >= 0.6 is 0 Å². The largest absolute Gasteiger partial charge is 0.379 e. The van der Waals surface area contributed by atoms with Crippen LogP contribution in [0, 0.1) is 0 Å². The fraction of sp³-hybridized carbons (Fsp3) is 0.500. The molecule has 1 aromatic carbocycles. The Hall–Kier alpha value is -1.43. The van der Waals surface area contributed by atoms with E-state index in [9.17, 15) is 0 Å². The molecule has 1 saturated heterocycles. The predicted molar refractivity (Wildman–Crippen MR) is 74.9 cm³/mol. The molecule has 1 fully saturated rings. The molecule has 2 heterocycles. The molecule has 5 nitrogen and oxygen atoms in total. The molecule has 1 aliphatic rings. The van der Waals surface area contributed by atoms with E-state index in [1.54, 1.807) is 0 Å². The van der Waals surface area contributed by atoms with E-state index in [0.717, 1.165) is 45.0 Å². The minimum absolute atomic E-state index is 0.789. The van der Waals surface area contributed by atoms with Crippen molar-refractivity contribution in [2.45, 2.75) is 13.2 Å². The van der Waals surface area contributed by atoms with E-state index in [1.807, 2.05) is 13.4 Å². The second kappa shape index (κ2) is 5.69. The minimum Gasteiger partial charge on any atom is -0.379 e. The fourth-order valence-electron chi connectivity index (χ4n) is 2.51. The first-order valence-corrected chi connectivity index (χ1v) is 6.75. The lowest BCUT2D eigenvalue weighted by atomic mass is 10.2. The zero-order valence-corrected chi connectivity index (χ0v) is 11.3. The molecule has 0 saturated carbocycles. The lowest BCUT2D eigenvalue weighted by Crippen LogP contribution is -2.35. The van der Waals surface area contributed by atoms with Crippen molar-refractivity contribution in [2.75, 3.05) is 33.4 Å². The zero-order chi connectivity index (χ0) is 13.1. The molecule has 0 unspecified atom stereocenters. The summed E-state index contributed by atoms with van der Waals surface area (Å²) >= 11 is 0. The van der Waals surface area contributed by atoms with Crippen molar-refractivity contribution in [2.24, 2.45) is 0 Å². The quantitative estimate of drug-likeness (QED) is 0.892. The van der Waals surface area contributed by atoms with E-state index < -0.39 is 0 Å². The highest BCUT2D eigenvalue weighted by molar-refractivity contribution is 5.76. The molecule has 19 heavy (non-hydrogen) atoms. The molecule has 1 N–H and O–H groups in total. The summed E-state index contributed by atoms with van der Waals surface area (Å²) in [5.74, 6) is 0. The van der Waals surface area contributed by atoms with Gasteiger partial charge in [0.15, 0.2) is 0 Å². The Labute approximate surface area is 113 Å². The van der Waals surface area contributed by atoms with Crippen LogP contribution in [0.5, 0.6) is 0 Å². The number of rotatable bonds is 4. The molecule has 0 atom stereocenters. The Balaban J connectivity index is 1.81. The van der Waals surface area contributed by atoms with Gasteiger partial charge in [-0.1, -0.05) is 6.07 Å². The van der Waals surface area contributed by atoms with Gasteiger partial charge >= 0.3 is 0 Å². The molecular weight excluding hydrogens is 240 g/mol. The summed E-state index contributed by atoms with van der Waals surface area (Å²) in [6.07, 6.45) is 1.89. The van der Waals surface area contributed by atoms with E-state index in [-0.39, 0.29) is 0 Å². The Morgan fingerprint density at radius 1 is 1.32 bits per heavy atom. The normalized spacial score (nSPS) is 17.1. The first-order chi connectivity index (χ1) is 9.36. The van der Waals surface area contributed by atoms with Gasteiger partial charge in [-0.25, -0.2) is 4.98 Å². The van der Waals surface area contributed by atoms with Crippen molar-refractivity contribution in [3.8, 4) is 0 Å². The SMILES string of the molecule is CNCn1cnc2ccc(CN3CCOCC3)cc21. The second-order valence-electron chi connectivity index (χ2n) is 4.94. The topological polar surface area (TPSA) is 42.3 Å². The van der Waals surface area contributed by atoms with Gasteiger partial charge in [0.05, 0.1) is 37.2 Å². The van der Waals surface area contributed by atoms with E-state index in [0.29, 0.717) is 0 Å². The van der Waals surface area contributed by atoms with Crippen LogP contribution in [-0.4, -0.2) is 47.8 Å². The van der Waals surface area contributed by atoms with Gasteiger partial charge in [-0.2, -0.15) is 0 Å². The summed E-state index contributed by atoms with van der Waals surface area (Å²) in [5, 5.41) is 3.16. The van der Waals surface area contributed by atoms with Crippen LogP contribution in [0.25, 0.3) is 11.0 Å². The summed E-state index contributed by atoms with van der Waals surface area (Å²) in [6, 6.07) is 6.53. The molecule has 0 spiro atoms. The van der Waals surface area contributed by atoms with Crippen molar-refractivity contribution in [1.82, 2.24) is 19.8 Å². The third-order valence-electron chi connectivity index (χ3n) is 3.52. The van der Waals surface area contributed by atoms with Crippen molar-refractivity contribution in [3.63, 3.8) is 0 Å². The summed E-state index contributed by atoms with van der Waals surface area (Å²) < 4.78 is 7.52. The smallest absolute Gasteiger partial charge is 0.0969 e. The standard InChI is InChI=1S/C14H20N4O/c1-15-10-18-11-16-13-3-2-12(8-14(13)18)9-17-4-6-19-7-5-17/h2-3,8,11,15H,4-7,9-10H2,1H3. The maximum Gasteiger partial charge on any atom is 0.0969 e. The van der Waals surface area contributed by atoms with Gasteiger partial charge in [-0.15, -0.1) is 0 Å². The van der Waals surface area contributed by atoms with Crippen LogP contribution in [0.15, 0.2) is 24.5 Å². The van der Waals surface area contributed by atoms with Gasteiger partial charge in [-0.3, -0.25) is 4.90 Å². The minimum atomic E-state index is 0.789. The predicted octanol–water partition coefficient (Wildman–Crippen LogP) is 1.05. The Kier molecular flexibility index (Phi) is 3.77. The number of benzene rings is 1. The molecule has 5 heteroatoms. The molecule has 1 aliphatic heterocycles. The number of aromatic nitrogens is 2. The van der Waals surface area contributed by atoms with Crippen LogP contribution < -0.4 is 5.32 Å². The lowest BCUT2D eigenvalue weighted by Gasteiger charge is -2.26. The molecule has 1 aromatic heterocycles.